The number of imidazole rings is 3. The van der Waals surface area contributed by atoms with E-state index in [2.05, 4.69) is 30.6 Å². The molecule has 0 bridgehead atoms. The van der Waals surface area contributed by atoms with Crippen molar-refractivity contribution in [3.05, 3.63) is 36.4 Å². The number of thiazole rings is 1. The van der Waals surface area contributed by atoms with Gasteiger partial charge in [-0.25, -0.2) is 24.5 Å². The van der Waals surface area contributed by atoms with E-state index >= 15 is 0 Å². The van der Waals surface area contributed by atoms with E-state index in [9.17, 15) is 19.2 Å². The highest BCUT2D eigenvalue weighted by atomic mass is 32.1. The summed E-state index contributed by atoms with van der Waals surface area (Å²) in [7, 11) is 2.56. The van der Waals surface area contributed by atoms with E-state index in [1.165, 1.54) is 25.6 Å². The number of likely N-dealkylation sites (tertiary alicyclic amines) is 2. The lowest BCUT2D eigenvalue weighted by Gasteiger charge is -2.30. The van der Waals surface area contributed by atoms with E-state index in [0.717, 1.165) is 52.6 Å². The highest BCUT2D eigenvalue weighted by Crippen LogP contribution is 2.36. The van der Waals surface area contributed by atoms with Crippen molar-refractivity contribution in [3.8, 4) is 22.0 Å². The number of nitrogens with zero attached hydrogens (tertiary/aromatic N) is 6. The highest BCUT2D eigenvalue weighted by molar-refractivity contribution is 7.20. The molecule has 4 amide bonds. The number of ether oxygens (including phenoxy) is 2. The Balaban J connectivity index is 1.15. The molecule has 6 heterocycles. The summed E-state index contributed by atoms with van der Waals surface area (Å²) < 4.78 is 11.4. The average molecular weight is 709 g/mol. The number of hydrogen-bond acceptors (Lipinski definition) is 10. The molecule has 0 spiro atoms. The quantitative estimate of drug-likeness (QED) is 0.186. The van der Waals surface area contributed by atoms with Gasteiger partial charge < -0.3 is 39.9 Å². The molecule has 2 saturated heterocycles. The minimum atomic E-state index is -0.704. The lowest BCUT2D eigenvalue weighted by atomic mass is 10.0. The number of carbonyl (C=O) groups excluding carboxylic acids is 4. The molecule has 0 aliphatic carbocycles. The Morgan fingerprint density at radius 2 is 1.30 bits per heavy atom. The van der Waals surface area contributed by atoms with Gasteiger partial charge in [0.2, 0.25) is 11.8 Å². The van der Waals surface area contributed by atoms with Crippen molar-refractivity contribution in [2.24, 2.45) is 11.8 Å². The first-order chi connectivity index (χ1) is 24.0. The molecule has 2 aliphatic rings. The molecule has 2 fully saturated rings. The van der Waals surface area contributed by atoms with Gasteiger partial charge in [-0.3, -0.25) is 14.0 Å². The van der Waals surface area contributed by atoms with Crippen LogP contribution >= 0.6 is 11.3 Å². The van der Waals surface area contributed by atoms with E-state index < -0.39 is 24.3 Å². The van der Waals surface area contributed by atoms with Crippen LogP contribution < -0.4 is 10.6 Å². The fraction of sp³-hybridized carbons (Fsp3) is 0.545. The van der Waals surface area contributed by atoms with Crippen molar-refractivity contribution in [2.45, 2.75) is 77.5 Å². The van der Waals surface area contributed by atoms with Crippen LogP contribution in [0.5, 0.6) is 0 Å². The first-order valence-electron chi connectivity index (χ1n) is 16.9. The molecular formula is C33H44N10O6S. The topological polar surface area (TPSA) is 192 Å². The van der Waals surface area contributed by atoms with Gasteiger partial charge in [0.15, 0.2) is 4.96 Å². The summed E-state index contributed by atoms with van der Waals surface area (Å²) in [5.74, 6) is 0.823. The number of carbonyl (C=O) groups is 4. The third kappa shape index (κ3) is 6.90. The second-order valence-electron chi connectivity index (χ2n) is 13.4. The number of rotatable bonds is 10. The van der Waals surface area contributed by atoms with Crippen LogP contribution in [-0.2, 0) is 19.1 Å². The number of aromatic amines is 2. The Labute approximate surface area is 293 Å². The zero-order valence-electron chi connectivity index (χ0n) is 29.1. The fourth-order valence-electron chi connectivity index (χ4n) is 6.70. The molecule has 4 N–H and O–H groups in total. The van der Waals surface area contributed by atoms with Crippen LogP contribution in [0.2, 0.25) is 0 Å². The number of alkyl carbamates (subject to hydrolysis) is 2. The first kappa shape index (κ1) is 34.9. The number of fused-ring (bicyclic) bond motifs is 1. The SMILES string of the molecule is COC(=O)N[C@@H](C(=O)N1CCC[C@@H]1c1ncc(-c2cn3cc(-c4cnc([C@H]5CCCN5C(=O)[C@H](NC(=O)OC)C(C)C)[nH]4)sc3n2)[nH]1)C(C)C. The van der Waals surface area contributed by atoms with Crippen LogP contribution in [0.4, 0.5) is 9.59 Å². The molecule has 2 aliphatic heterocycles. The average Bonchev–Trinajstić information content (AvgIpc) is 3.93. The maximum Gasteiger partial charge on any atom is 0.407 e. The number of nitrogens with one attached hydrogen (secondary N) is 4. The van der Waals surface area contributed by atoms with Gasteiger partial charge in [0.25, 0.3) is 0 Å². The summed E-state index contributed by atoms with van der Waals surface area (Å²) in [6.45, 7) is 8.71. The van der Waals surface area contributed by atoms with Gasteiger partial charge in [-0.1, -0.05) is 39.0 Å². The van der Waals surface area contributed by atoms with Crippen molar-refractivity contribution in [2.75, 3.05) is 27.3 Å². The molecule has 0 saturated carbocycles. The molecule has 0 unspecified atom stereocenters. The lowest BCUT2D eigenvalue weighted by molar-refractivity contribution is -0.136. The largest absolute Gasteiger partial charge is 0.453 e. The minimum absolute atomic E-state index is 0.114. The Morgan fingerprint density at radius 1 is 0.800 bits per heavy atom. The Kier molecular flexibility index (Phi) is 10.1. The van der Waals surface area contributed by atoms with Gasteiger partial charge in [0.1, 0.15) is 29.4 Å². The smallest absolute Gasteiger partial charge is 0.407 e. The van der Waals surface area contributed by atoms with Gasteiger partial charge >= 0.3 is 12.2 Å². The maximum absolute atomic E-state index is 13.5. The third-order valence-electron chi connectivity index (χ3n) is 9.37. The monoisotopic (exact) mass is 708 g/mol. The van der Waals surface area contributed by atoms with Crippen molar-refractivity contribution in [1.29, 1.82) is 0 Å². The summed E-state index contributed by atoms with van der Waals surface area (Å²) >= 11 is 1.50. The van der Waals surface area contributed by atoms with Gasteiger partial charge in [0.05, 0.1) is 55.0 Å². The summed E-state index contributed by atoms with van der Waals surface area (Å²) in [5, 5.41) is 5.36. The van der Waals surface area contributed by atoms with E-state index in [0.29, 0.717) is 24.7 Å². The zero-order chi connectivity index (χ0) is 35.7. The van der Waals surface area contributed by atoms with E-state index in [1.807, 2.05) is 44.5 Å². The van der Waals surface area contributed by atoms with Crippen molar-refractivity contribution in [3.63, 3.8) is 0 Å². The fourth-order valence-corrected chi connectivity index (χ4v) is 7.63. The Bertz CT molecular complexity index is 1700. The second kappa shape index (κ2) is 14.5. The number of hydrogen-bond donors (Lipinski definition) is 4. The van der Waals surface area contributed by atoms with Crippen LogP contribution in [0.3, 0.4) is 0 Å². The summed E-state index contributed by atoms with van der Waals surface area (Å²) in [6.07, 6.45) is 9.32. The van der Waals surface area contributed by atoms with Crippen LogP contribution in [0.25, 0.3) is 26.9 Å². The zero-order valence-corrected chi connectivity index (χ0v) is 29.9. The van der Waals surface area contributed by atoms with E-state index in [1.54, 1.807) is 22.2 Å². The molecule has 4 aromatic rings. The van der Waals surface area contributed by atoms with Gasteiger partial charge in [-0.2, -0.15) is 0 Å². The van der Waals surface area contributed by atoms with Crippen molar-refractivity contribution >= 4 is 40.3 Å². The molecule has 268 valence electrons. The normalized spacial score (nSPS) is 19.0. The van der Waals surface area contributed by atoms with E-state index in [4.69, 9.17) is 14.5 Å². The first-order valence-corrected chi connectivity index (χ1v) is 17.7. The minimum Gasteiger partial charge on any atom is -0.453 e. The maximum atomic E-state index is 13.5. The summed E-state index contributed by atoms with van der Waals surface area (Å²) in [5.41, 5.74) is 2.28. The molecule has 17 heteroatoms. The number of aromatic nitrogens is 6. The Morgan fingerprint density at radius 3 is 1.78 bits per heavy atom. The predicted octanol–water partition coefficient (Wildman–Crippen LogP) is 4.26. The van der Waals surface area contributed by atoms with Crippen molar-refractivity contribution < 1.29 is 28.7 Å². The highest BCUT2D eigenvalue weighted by Gasteiger charge is 2.39. The van der Waals surface area contributed by atoms with Crippen molar-refractivity contribution in [1.82, 2.24) is 49.8 Å². The second-order valence-corrected chi connectivity index (χ2v) is 14.4. The number of methoxy groups -OCH3 is 2. The molecular weight excluding hydrogens is 664 g/mol. The molecule has 0 radical (unpaired) electrons. The van der Waals surface area contributed by atoms with Crippen LogP contribution in [0.15, 0.2) is 24.8 Å². The molecule has 0 aromatic carbocycles. The van der Waals surface area contributed by atoms with Crippen LogP contribution in [0, 0.1) is 11.8 Å². The summed E-state index contributed by atoms with van der Waals surface area (Å²) in [6, 6.07) is -1.87. The molecule has 50 heavy (non-hydrogen) atoms. The molecule has 4 atom stereocenters. The van der Waals surface area contributed by atoms with Gasteiger partial charge in [0, 0.05) is 25.5 Å². The third-order valence-corrected chi connectivity index (χ3v) is 10.4. The van der Waals surface area contributed by atoms with Crippen LogP contribution in [-0.4, -0.2) is 103 Å². The Hall–Kier alpha value is -4.93. The van der Waals surface area contributed by atoms with Gasteiger partial charge in [-0.05, 0) is 37.5 Å². The predicted molar refractivity (Wildman–Crippen MR) is 184 cm³/mol. The number of H-pyrrole nitrogens is 2. The number of amides is 4. The van der Waals surface area contributed by atoms with Crippen LogP contribution in [0.1, 0.15) is 77.1 Å². The standard InChI is InChI=1S/C33H44N10O6S/c1-17(2)25(39-32(46)48-5)29(44)42-11-7-9-22(42)27-34-13-19(36-27)21-15-41-16-24(50-31(41)38-21)20-14-35-28(37-20)23-10-8-12-43(23)30(45)26(18(3)4)40-33(47)49-6/h13-18,22-23,25-26H,7-12H2,1-6H3,(H,34,36)(H,35,37)(H,39,46)(H,40,47)/t22-,23-,25-,26-/m1/s1. The van der Waals surface area contributed by atoms with Gasteiger partial charge in [-0.15, -0.1) is 0 Å². The molecule has 16 nitrogen and oxygen atoms in total. The summed E-state index contributed by atoms with van der Waals surface area (Å²) in [4.78, 5) is 77.1. The lowest BCUT2D eigenvalue weighted by Crippen LogP contribution is -2.51. The van der Waals surface area contributed by atoms with E-state index in [-0.39, 0.29) is 35.7 Å². The molecule has 6 rings (SSSR count). The molecule has 4 aromatic heterocycles.